The predicted molar refractivity (Wildman–Crippen MR) is 73.8 cm³/mol. The summed E-state index contributed by atoms with van der Waals surface area (Å²) in [5.74, 6) is 1.16. The summed E-state index contributed by atoms with van der Waals surface area (Å²) >= 11 is 0. The largest absolute Gasteiger partial charge is 0.454 e. The van der Waals surface area contributed by atoms with E-state index in [1.165, 1.54) is 0 Å². The van der Waals surface area contributed by atoms with Crippen LogP contribution in [0.25, 0.3) is 0 Å². The van der Waals surface area contributed by atoms with Gasteiger partial charge in [0.2, 0.25) is 6.79 Å². The first-order chi connectivity index (χ1) is 9.81. The molecule has 2 aliphatic heterocycles. The second-order valence-corrected chi connectivity index (χ2v) is 4.50. The summed E-state index contributed by atoms with van der Waals surface area (Å²) in [5.41, 5.74) is 2.68. The number of nitrogens with zero attached hydrogens (tertiary/aromatic N) is 1. The number of ether oxygens (including phenoxy) is 2. The Morgan fingerprint density at radius 3 is 2.85 bits per heavy atom. The fraction of sp³-hybridized carbons (Fsp3) is 0.0667. The summed E-state index contributed by atoms with van der Waals surface area (Å²) in [6, 6.07) is 12.9. The molecular weight excluding hydrogens is 256 g/mol. The zero-order valence-corrected chi connectivity index (χ0v) is 10.4. The van der Waals surface area contributed by atoms with E-state index in [4.69, 9.17) is 9.47 Å². The third-order valence-corrected chi connectivity index (χ3v) is 3.24. The number of amides is 1. The number of nitrogens with one attached hydrogen (secondary N) is 1. The molecule has 98 valence electrons. The van der Waals surface area contributed by atoms with Gasteiger partial charge in [-0.3, -0.25) is 4.79 Å². The molecule has 0 aliphatic carbocycles. The maximum absolute atomic E-state index is 12.0. The van der Waals surface area contributed by atoms with Crippen molar-refractivity contribution in [1.29, 1.82) is 0 Å². The van der Waals surface area contributed by atoms with Gasteiger partial charge in [-0.1, -0.05) is 18.2 Å². The Morgan fingerprint density at radius 1 is 1.05 bits per heavy atom. The van der Waals surface area contributed by atoms with E-state index >= 15 is 0 Å². The van der Waals surface area contributed by atoms with E-state index < -0.39 is 0 Å². The Kier molecular flexibility index (Phi) is 2.26. The van der Waals surface area contributed by atoms with Crippen LogP contribution in [0.1, 0.15) is 5.56 Å². The Bertz CT molecular complexity index is 753. The van der Waals surface area contributed by atoms with Crippen molar-refractivity contribution in [2.24, 2.45) is 4.99 Å². The normalized spacial score (nSPS) is 17.2. The molecule has 20 heavy (non-hydrogen) atoms. The number of rotatable bonds is 1. The Hall–Kier alpha value is -2.82. The molecule has 0 saturated heterocycles. The average molecular weight is 266 g/mol. The molecule has 1 N–H and O–H groups in total. The minimum Gasteiger partial charge on any atom is -0.454 e. The molecule has 2 aromatic rings. The second kappa shape index (κ2) is 4.09. The van der Waals surface area contributed by atoms with Gasteiger partial charge >= 0.3 is 0 Å². The molecular formula is C15H10N2O3. The van der Waals surface area contributed by atoms with Crippen LogP contribution >= 0.6 is 0 Å². The summed E-state index contributed by atoms with van der Waals surface area (Å²) in [6.45, 7) is 0.221. The van der Waals surface area contributed by atoms with Crippen LogP contribution in [0.15, 0.2) is 47.5 Å². The summed E-state index contributed by atoms with van der Waals surface area (Å²) in [7, 11) is 0. The lowest BCUT2D eigenvalue weighted by Crippen LogP contribution is -2.13. The SMILES string of the molecule is O=C1Nc2ccccc2C1=Nc1ccc2c(c1)OCO2. The highest BCUT2D eigenvalue weighted by molar-refractivity contribution is 6.54. The molecule has 0 fully saturated rings. The average Bonchev–Trinajstić information content (AvgIpc) is 3.04. The number of fused-ring (bicyclic) bond motifs is 2. The van der Waals surface area contributed by atoms with Gasteiger partial charge in [0.15, 0.2) is 11.5 Å². The zero-order chi connectivity index (χ0) is 13.5. The van der Waals surface area contributed by atoms with Gasteiger partial charge < -0.3 is 14.8 Å². The van der Waals surface area contributed by atoms with E-state index in [9.17, 15) is 4.79 Å². The van der Waals surface area contributed by atoms with Crippen LogP contribution in [0.4, 0.5) is 11.4 Å². The molecule has 0 unspecified atom stereocenters. The highest BCUT2D eigenvalue weighted by Crippen LogP contribution is 2.36. The van der Waals surface area contributed by atoms with Crippen molar-refractivity contribution in [3.05, 3.63) is 48.0 Å². The number of benzene rings is 2. The standard InChI is InChI=1S/C15H10N2O3/c18-15-14(10-3-1-2-4-11(10)17-15)16-9-5-6-12-13(7-9)20-8-19-12/h1-7H,8H2,(H,16,17,18). The molecule has 5 heteroatoms. The molecule has 0 saturated carbocycles. The van der Waals surface area contributed by atoms with Crippen LogP contribution in [-0.2, 0) is 4.79 Å². The van der Waals surface area contributed by atoms with Crippen molar-refractivity contribution >= 4 is 23.0 Å². The summed E-state index contributed by atoms with van der Waals surface area (Å²) in [6.07, 6.45) is 0. The monoisotopic (exact) mass is 266 g/mol. The number of aliphatic imine (C=N–C) groups is 1. The number of carbonyl (C=O) groups excluding carboxylic acids is 1. The van der Waals surface area contributed by atoms with Gasteiger partial charge in [0.05, 0.1) is 11.4 Å². The van der Waals surface area contributed by atoms with Gasteiger partial charge in [-0.05, 0) is 18.2 Å². The number of hydrogen-bond donors (Lipinski definition) is 1. The summed E-state index contributed by atoms with van der Waals surface area (Å²) in [5, 5.41) is 2.79. The summed E-state index contributed by atoms with van der Waals surface area (Å²) < 4.78 is 10.6. The van der Waals surface area contributed by atoms with Gasteiger partial charge in [0.25, 0.3) is 5.91 Å². The van der Waals surface area contributed by atoms with Gasteiger partial charge in [-0.2, -0.15) is 0 Å². The van der Waals surface area contributed by atoms with E-state index in [0.717, 1.165) is 11.3 Å². The maximum atomic E-state index is 12.0. The van der Waals surface area contributed by atoms with Crippen LogP contribution in [0.3, 0.4) is 0 Å². The first-order valence-corrected chi connectivity index (χ1v) is 6.20. The smallest absolute Gasteiger partial charge is 0.275 e. The van der Waals surface area contributed by atoms with E-state index in [1.54, 1.807) is 18.2 Å². The van der Waals surface area contributed by atoms with E-state index in [-0.39, 0.29) is 12.7 Å². The Balaban J connectivity index is 1.79. The highest BCUT2D eigenvalue weighted by atomic mass is 16.7. The minimum atomic E-state index is -0.191. The molecule has 1 amide bonds. The molecule has 0 aromatic heterocycles. The molecule has 2 heterocycles. The number of para-hydroxylation sites is 1. The van der Waals surface area contributed by atoms with Crippen LogP contribution < -0.4 is 14.8 Å². The van der Waals surface area contributed by atoms with Crippen molar-refractivity contribution in [2.75, 3.05) is 12.1 Å². The fourth-order valence-corrected chi connectivity index (χ4v) is 2.30. The van der Waals surface area contributed by atoms with Crippen molar-refractivity contribution in [2.45, 2.75) is 0 Å². The zero-order valence-electron chi connectivity index (χ0n) is 10.4. The minimum absolute atomic E-state index is 0.191. The van der Waals surface area contributed by atoms with Crippen molar-refractivity contribution < 1.29 is 14.3 Å². The Labute approximate surface area is 114 Å². The number of anilines is 1. The first kappa shape index (κ1) is 11.0. The Morgan fingerprint density at radius 2 is 1.90 bits per heavy atom. The summed E-state index contributed by atoms with van der Waals surface area (Å²) in [4.78, 5) is 16.4. The molecule has 0 bridgehead atoms. The van der Waals surface area contributed by atoms with Crippen molar-refractivity contribution in [3.8, 4) is 11.5 Å². The molecule has 2 aliphatic rings. The molecule has 4 rings (SSSR count). The topological polar surface area (TPSA) is 59.9 Å². The van der Waals surface area contributed by atoms with E-state index in [2.05, 4.69) is 10.3 Å². The van der Waals surface area contributed by atoms with Crippen LogP contribution in [0.5, 0.6) is 11.5 Å². The molecule has 2 aromatic carbocycles. The van der Waals surface area contributed by atoms with Gasteiger partial charge in [-0.15, -0.1) is 0 Å². The highest BCUT2D eigenvalue weighted by Gasteiger charge is 2.25. The third kappa shape index (κ3) is 1.64. The van der Waals surface area contributed by atoms with Gasteiger partial charge in [0.1, 0.15) is 5.71 Å². The fourth-order valence-electron chi connectivity index (χ4n) is 2.30. The third-order valence-electron chi connectivity index (χ3n) is 3.24. The lowest BCUT2D eigenvalue weighted by molar-refractivity contribution is -0.110. The van der Waals surface area contributed by atoms with Gasteiger partial charge in [-0.25, -0.2) is 4.99 Å². The second-order valence-electron chi connectivity index (χ2n) is 4.50. The molecule has 0 radical (unpaired) electrons. The number of carbonyl (C=O) groups is 1. The van der Waals surface area contributed by atoms with Crippen molar-refractivity contribution in [1.82, 2.24) is 0 Å². The van der Waals surface area contributed by atoms with Crippen LogP contribution in [0, 0.1) is 0 Å². The molecule has 0 atom stereocenters. The molecule has 0 spiro atoms. The maximum Gasteiger partial charge on any atom is 0.275 e. The van der Waals surface area contributed by atoms with Crippen molar-refractivity contribution in [3.63, 3.8) is 0 Å². The van der Waals surface area contributed by atoms with Crippen LogP contribution in [0.2, 0.25) is 0 Å². The van der Waals surface area contributed by atoms with Crippen LogP contribution in [-0.4, -0.2) is 18.4 Å². The first-order valence-electron chi connectivity index (χ1n) is 6.20. The lowest BCUT2D eigenvalue weighted by Gasteiger charge is -1.99. The molecule has 5 nitrogen and oxygen atoms in total. The van der Waals surface area contributed by atoms with E-state index in [1.807, 2.05) is 24.3 Å². The lowest BCUT2D eigenvalue weighted by atomic mass is 10.1. The quantitative estimate of drug-likeness (QED) is 0.862. The van der Waals surface area contributed by atoms with Gasteiger partial charge in [0, 0.05) is 11.6 Å². The van der Waals surface area contributed by atoms with E-state index in [0.29, 0.717) is 22.9 Å². The predicted octanol–water partition coefficient (Wildman–Crippen LogP) is 2.49. The number of hydrogen-bond acceptors (Lipinski definition) is 4.